The van der Waals surface area contributed by atoms with Crippen LogP contribution in [0.2, 0.25) is 0 Å². The van der Waals surface area contributed by atoms with E-state index in [4.69, 9.17) is 0 Å². The third-order valence-electron chi connectivity index (χ3n) is 2.90. The molecule has 5 nitrogen and oxygen atoms in total. The van der Waals surface area contributed by atoms with Crippen molar-refractivity contribution in [2.75, 3.05) is 6.61 Å². The van der Waals surface area contributed by atoms with Crippen LogP contribution in [0.5, 0.6) is 0 Å². The number of rotatable bonds is 5. The minimum absolute atomic E-state index is 0.00785. The molecule has 3 N–H and O–H groups in total. The summed E-state index contributed by atoms with van der Waals surface area (Å²) in [6.07, 6.45) is 0. The molecule has 0 saturated heterocycles. The Morgan fingerprint density at radius 3 is 3.00 bits per heavy atom. The number of fused-ring (bicyclic) bond motifs is 1. The maximum atomic E-state index is 11.7. The van der Waals surface area contributed by atoms with E-state index < -0.39 is 0 Å². The van der Waals surface area contributed by atoms with E-state index in [0.29, 0.717) is 23.0 Å². The zero-order valence-corrected chi connectivity index (χ0v) is 11.3. The fourth-order valence-corrected chi connectivity index (χ4v) is 2.47. The first-order chi connectivity index (χ1) is 8.61. The molecule has 0 aliphatic heterocycles. The molecule has 0 radical (unpaired) electrons. The molecule has 0 spiro atoms. The van der Waals surface area contributed by atoms with Crippen LogP contribution < -0.4 is 10.9 Å². The van der Waals surface area contributed by atoms with Crippen LogP contribution >= 0.6 is 11.3 Å². The summed E-state index contributed by atoms with van der Waals surface area (Å²) in [5.41, 5.74) is 0.627. The molecule has 6 heteroatoms. The van der Waals surface area contributed by atoms with Gasteiger partial charge in [-0.15, -0.1) is 11.3 Å². The summed E-state index contributed by atoms with van der Waals surface area (Å²) in [7, 11) is 0. The van der Waals surface area contributed by atoms with E-state index in [-0.39, 0.29) is 18.2 Å². The van der Waals surface area contributed by atoms with Gasteiger partial charge in [0.1, 0.15) is 10.5 Å². The Morgan fingerprint density at radius 2 is 2.33 bits per heavy atom. The van der Waals surface area contributed by atoms with E-state index in [2.05, 4.69) is 15.3 Å². The summed E-state index contributed by atoms with van der Waals surface area (Å²) in [6.45, 7) is 4.59. The van der Waals surface area contributed by atoms with Gasteiger partial charge in [-0.05, 0) is 17.4 Å². The second kappa shape index (κ2) is 5.60. The van der Waals surface area contributed by atoms with Crippen molar-refractivity contribution in [2.45, 2.75) is 26.4 Å². The predicted molar refractivity (Wildman–Crippen MR) is 72.8 cm³/mol. The second-order valence-corrected chi connectivity index (χ2v) is 5.48. The highest BCUT2D eigenvalue weighted by Gasteiger charge is 2.12. The predicted octanol–water partition coefficient (Wildman–Crippen LogP) is 1.09. The maximum absolute atomic E-state index is 11.7. The van der Waals surface area contributed by atoms with Gasteiger partial charge in [0.25, 0.3) is 5.56 Å². The van der Waals surface area contributed by atoms with Crippen molar-refractivity contribution in [3.05, 3.63) is 27.6 Å². The van der Waals surface area contributed by atoms with E-state index >= 15 is 0 Å². The number of aromatic amines is 1. The van der Waals surface area contributed by atoms with Crippen molar-refractivity contribution < 1.29 is 5.11 Å². The molecule has 2 heterocycles. The first kappa shape index (κ1) is 13.2. The van der Waals surface area contributed by atoms with Crippen LogP contribution in [0.15, 0.2) is 16.2 Å². The highest BCUT2D eigenvalue weighted by Crippen LogP contribution is 2.13. The molecule has 2 aromatic heterocycles. The molecule has 0 amide bonds. The maximum Gasteiger partial charge on any atom is 0.268 e. The van der Waals surface area contributed by atoms with Gasteiger partial charge in [0, 0.05) is 6.04 Å². The average molecular weight is 267 g/mol. The highest BCUT2D eigenvalue weighted by molar-refractivity contribution is 7.17. The lowest BCUT2D eigenvalue weighted by atomic mass is 10.1. The molecule has 2 rings (SSSR count). The first-order valence-corrected chi connectivity index (χ1v) is 6.80. The zero-order chi connectivity index (χ0) is 13.1. The highest BCUT2D eigenvalue weighted by atomic mass is 32.1. The van der Waals surface area contributed by atoms with Crippen molar-refractivity contribution in [1.29, 1.82) is 0 Å². The molecule has 1 unspecified atom stereocenters. The molecule has 18 heavy (non-hydrogen) atoms. The van der Waals surface area contributed by atoms with Gasteiger partial charge in [0.15, 0.2) is 0 Å². The van der Waals surface area contributed by atoms with E-state index in [9.17, 15) is 9.90 Å². The van der Waals surface area contributed by atoms with E-state index in [0.717, 1.165) is 5.52 Å². The SMILES string of the molecule is CC(C)C(CO)NCc1nc2ccsc2c(=O)[nH]1. The minimum atomic E-state index is -0.100. The van der Waals surface area contributed by atoms with Crippen LogP contribution in [0.25, 0.3) is 10.2 Å². The van der Waals surface area contributed by atoms with Crippen LogP contribution in [-0.2, 0) is 6.54 Å². The normalized spacial score (nSPS) is 13.3. The van der Waals surface area contributed by atoms with Crippen LogP contribution in [0, 0.1) is 5.92 Å². The number of aromatic nitrogens is 2. The third kappa shape index (κ3) is 2.77. The number of aliphatic hydroxyl groups is 1. The number of nitrogens with zero attached hydrogens (tertiary/aromatic N) is 1. The molecule has 0 aliphatic carbocycles. The molecule has 1 atom stereocenters. The largest absolute Gasteiger partial charge is 0.395 e. The number of aliphatic hydroxyl groups excluding tert-OH is 1. The quantitative estimate of drug-likeness (QED) is 0.758. The summed E-state index contributed by atoms with van der Waals surface area (Å²) in [5.74, 6) is 0.927. The van der Waals surface area contributed by atoms with Crippen molar-refractivity contribution in [1.82, 2.24) is 15.3 Å². The number of thiophene rings is 1. The van der Waals surface area contributed by atoms with Gasteiger partial charge in [0.05, 0.1) is 18.7 Å². The van der Waals surface area contributed by atoms with Crippen LogP contribution in [0.1, 0.15) is 19.7 Å². The van der Waals surface area contributed by atoms with Crippen molar-refractivity contribution in [3.63, 3.8) is 0 Å². The van der Waals surface area contributed by atoms with Crippen LogP contribution in [0.4, 0.5) is 0 Å². The smallest absolute Gasteiger partial charge is 0.268 e. The van der Waals surface area contributed by atoms with Gasteiger partial charge in [-0.25, -0.2) is 4.98 Å². The van der Waals surface area contributed by atoms with Gasteiger partial charge in [-0.1, -0.05) is 13.8 Å². The second-order valence-electron chi connectivity index (χ2n) is 4.56. The average Bonchev–Trinajstić information content (AvgIpc) is 2.78. The molecule has 98 valence electrons. The van der Waals surface area contributed by atoms with Gasteiger partial charge >= 0.3 is 0 Å². The molecular formula is C12H17N3O2S. The summed E-state index contributed by atoms with van der Waals surface area (Å²) in [4.78, 5) is 18.9. The standard InChI is InChI=1S/C12H17N3O2S/c1-7(2)9(6-16)13-5-10-14-8-3-4-18-11(8)12(17)15-10/h3-4,7,9,13,16H,5-6H2,1-2H3,(H,14,15,17). The summed E-state index contributed by atoms with van der Waals surface area (Å²) in [6, 6.07) is 1.85. The zero-order valence-electron chi connectivity index (χ0n) is 10.4. The molecular weight excluding hydrogens is 250 g/mol. The molecule has 2 aromatic rings. The summed E-state index contributed by atoms with van der Waals surface area (Å²) >= 11 is 1.39. The Bertz CT molecular complexity index is 576. The summed E-state index contributed by atoms with van der Waals surface area (Å²) < 4.78 is 0.654. The Hall–Kier alpha value is -1.24. The molecule has 0 aliphatic rings. The van der Waals surface area contributed by atoms with Crippen molar-refractivity contribution in [2.24, 2.45) is 5.92 Å². The lowest BCUT2D eigenvalue weighted by molar-refractivity contribution is 0.209. The molecule has 0 saturated carbocycles. The van der Waals surface area contributed by atoms with Gasteiger partial charge < -0.3 is 15.4 Å². The van der Waals surface area contributed by atoms with Gasteiger partial charge in [-0.3, -0.25) is 4.79 Å². The number of hydrogen-bond acceptors (Lipinski definition) is 5. The monoisotopic (exact) mass is 267 g/mol. The fraction of sp³-hybridized carbons (Fsp3) is 0.500. The van der Waals surface area contributed by atoms with E-state index in [1.807, 2.05) is 25.3 Å². The Labute approximate surface area is 109 Å². The lowest BCUT2D eigenvalue weighted by Crippen LogP contribution is -2.37. The van der Waals surface area contributed by atoms with E-state index in [1.54, 1.807) is 0 Å². The summed E-state index contributed by atoms with van der Waals surface area (Å²) in [5, 5.41) is 14.3. The van der Waals surface area contributed by atoms with Gasteiger partial charge in [0.2, 0.25) is 0 Å². The number of nitrogens with one attached hydrogen (secondary N) is 2. The number of hydrogen-bond donors (Lipinski definition) is 3. The van der Waals surface area contributed by atoms with E-state index in [1.165, 1.54) is 11.3 Å². The first-order valence-electron chi connectivity index (χ1n) is 5.92. The molecule has 0 aromatic carbocycles. The van der Waals surface area contributed by atoms with Crippen molar-refractivity contribution >= 4 is 21.6 Å². The lowest BCUT2D eigenvalue weighted by Gasteiger charge is -2.19. The van der Waals surface area contributed by atoms with Crippen molar-refractivity contribution in [3.8, 4) is 0 Å². The fourth-order valence-electron chi connectivity index (χ4n) is 1.74. The Balaban J connectivity index is 2.14. The molecule has 0 bridgehead atoms. The molecule has 0 fully saturated rings. The van der Waals surface area contributed by atoms with Crippen LogP contribution in [0.3, 0.4) is 0 Å². The van der Waals surface area contributed by atoms with Crippen LogP contribution in [-0.4, -0.2) is 27.7 Å². The number of H-pyrrole nitrogens is 1. The Morgan fingerprint density at radius 1 is 1.56 bits per heavy atom. The minimum Gasteiger partial charge on any atom is -0.395 e. The van der Waals surface area contributed by atoms with Gasteiger partial charge in [-0.2, -0.15) is 0 Å². The third-order valence-corrected chi connectivity index (χ3v) is 3.80. The topological polar surface area (TPSA) is 78.0 Å². The Kier molecular flexibility index (Phi) is 4.11.